The number of nitrogens with zero attached hydrogens (tertiary/aromatic N) is 2. The topological polar surface area (TPSA) is 74.3 Å². The Balaban J connectivity index is 2.08. The van der Waals surface area contributed by atoms with Crippen molar-refractivity contribution in [2.75, 3.05) is 13.1 Å². The summed E-state index contributed by atoms with van der Waals surface area (Å²) in [6, 6.07) is 1.99. The highest BCUT2D eigenvalue weighted by Gasteiger charge is 2.25. The van der Waals surface area contributed by atoms with Crippen LogP contribution in [0, 0.1) is 6.92 Å². The molecule has 0 radical (unpaired) electrons. The predicted molar refractivity (Wildman–Crippen MR) is 71.1 cm³/mol. The molecule has 0 bridgehead atoms. The molecule has 1 aromatic heterocycles. The molecule has 1 aliphatic heterocycles. The first-order valence-corrected chi connectivity index (χ1v) is 7.27. The van der Waals surface area contributed by atoms with Gasteiger partial charge in [0.2, 0.25) is 5.91 Å². The number of hydrogen-bond donors (Lipinski definition) is 1. The van der Waals surface area contributed by atoms with E-state index in [0.29, 0.717) is 5.92 Å². The van der Waals surface area contributed by atoms with Gasteiger partial charge in [0.05, 0.1) is 11.9 Å². The van der Waals surface area contributed by atoms with Crippen LogP contribution in [0.2, 0.25) is 0 Å². The fraction of sp³-hybridized carbons (Fsp3) is 0.583. The van der Waals surface area contributed by atoms with Crippen molar-refractivity contribution in [1.29, 1.82) is 0 Å². The molecule has 1 aromatic rings. The van der Waals surface area contributed by atoms with Gasteiger partial charge in [-0.25, -0.2) is 0 Å². The number of carbonyl (C=O) groups excluding carboxylic acids is 1. The maximum atomic E-state index is 11.3. The Morgan fingerprint density at radius 1 is 1.50 bits per heavy atom. The lowest BCUT2D eigenvalue weighted by atomic mass is 9.89. The third kappa shape index (κ3) is 2.55. The van der Waals surface area contributed by atoms with E-state index in [1.807, 2.05) is 17.9 Å². The van der Waals surface area contributed by atoms with Crippen LogP contribution < -0.4 is 5.14 Å². The Kier molecular flexibility index (Phi) is 3.99. The maximum absolute atomic E-state index is 11.3. The van der Waals surface area contributed by atoms with Gasteiger partial charge in [-0.05, 0) is 37.3 Å². The van der Waals surface area contributed by atoms with Gasteiger partial charge in [0.15, 0.2) is 11.5 Å². The number of likely N-dealkylation sites (tertiary alicyclic amines) is 1. The van der Waals surface area contributed by atoms with E-state index in [-0.39, 0.29) is 5.91 Å². The Hall–Kier alpha value is -0.980. The van der Waals surface area contributed by atoms with Crippen LogP contribution in [0.4, 0.5) is 0 Å². The third-order valence-electron chi connectivity index (χ3n) is 3.71. The first-order chi connectivity index (χ1) is 8.50. The Bertz CT molecular complexity index is 437. The van der Waals surface area contributed by atoms with E-state index in [1.54, 1.807) is 17.1 Å². The number of hydrogen-bond acceptors (Lipinski definition) is 3. The van der Waals surface area contributed by atoms with Crippen LogP contribution in [0.1, 0.15) is 36.9 Å². The number of carbonyl (C=O) groups is 1. The maximum Gasteiger partial charge on any atom is 0.219 e. The molecule has 5 nitrogen and oxygen atoms in total. The summed E-state index contributed by atoms with van der Waals surface area (Å²) < 4.78 is 12.9. The zero-order chi connectivity index (χ0) is 13.3. The van der Waals surface area contributed by atoms with Crippen molar-refractivity contribution in [2.45, 2.75) is 32.6 Å². The summed E-state index contributed by atoms with van der Waals surface area (Å²) in [6.45, 7) is 5.16. The number of rotatable bonds is 2. The SMILES string of the molecule is CC(=O)N1CCC(c2ccn([S+](N)[O-])c2C)CC1. The lowest BCUT2D eigenvalue weighted by molar-refractivity contribution is -0.129. The van der Waals surface area contributed by atoms with Crippen molar-refractivity contribution in [3.05, 3.63) is 23.5 Å². The molecule has 100 valence electrons. The minimum Gasteiger partial charge on any atom is -0.573 e. The van der Waals surface area contributed by atoms with Crippen molar-refractivity contribution in [2.24, 2.45) is 5.14 Å². The molecule has 0 saturated carbocycles. The van der Waals surface area contributed by atoms with Gasteiger partial charge in [-0.15, -0.1) is 5.14 Å². The Labute approximate surface area is 110 Å². The Morgan fingerprint density at radius 2 is 2.11 bits per heavy atom. The minimum absolute atomic E-state index is 0.144. The largest absolute Gasteiger partial charge is 0.573 e. The van der Waals surface area contributed by atoms with Gasteiger partial charge in [0.25, 0.3) is 0 Å². The summed E-state index contributed by atoms with van der Waals surface area (Å²) in [4.78, 5) is 13.1. The molecule has 6 heteroatoms. The van der Waals surface area contributed by atoms with Crippen LogP contribution in [0.3, 0.4) is 0 Å². The molecule has 0 aromatic carbocycles. The third-order valence-corrected chi connectivity index (χ3v) is 4.50. The number of amides is 1. The van der Waals surface area contributed by atoms with Crippen molar-refractivity contribution in [3.8, 4) is 0 Å². The minimum atomic E-state index is -1.49. The van der Waals surface area contributed by atoms with Gasteiger partial charge in [-0.1, -0.05) is 0 Å². The highest BCUT2D eigenvalue weighted by atomic mass is 32.2. The van der Waals surface area contributed by atoms with E-state index in [1.165, 1.54) is 5.56 Å². The van der Waals surface area contributed by atoms with Crippen LogP contribution >= 0.6 is 0 Å². The van der Waals surface area contributed by atoms with Crippen LogP contribution in [-0.2, 0) is 16.3 Å². The van der Waals surface area contributed by atoms with Crippen LogP contribution in [0.15, 0.2) is 12.3 Å². The number of aromatic nitrogens is 1. The van der Waals surface area contributed by atoms with E-state index in [4.69, 9.17) is 5.14 Å². The zero-order valence-corrected chi connectivity index (χ0v) is 11.6. The molecule has 0 spiro atoms. The summed E-state index contributed by atoms with van der Waals surface area (Å²) in [5, 5.41) is 5.40. The first-order valence-electron chi connectivity index (χ1n) is 6.10. The van der Waals surface area contributed by atoms with E-state index >= 15 is 0 Å². The fourth-order valence-corrected chi connectivity index (χ4v) is 3.20. The molecular weight excluding hydrogens is 250 g/mol. The van der Waals surface area contributed by atoms with E-state index in [2.05, 4.69) is 0 Å². The first kappa shape index (κ1) is 13.5. The molecule has 1 fully saturated rings. The monoisotopic (exact) mass is 269 g/mol. The van der Waals surface area contributed by atoms with Gasteiger partial charge >= 0.3 is 0 Å². The van der Waals surface area contributed by atoms with Gasteiger partial charge in [-0.3, -0.25) is 4.79 Å². The number of piperidine rings is 1. The van der Waals surface area contributed by atoms with Crippen molar-refractivity contribution < 1.29 is 9.35 Å². The summed E-state index contributed by atoms with van der Waals surface area (Å²) >= 11 is -1.49. The molecular formula is C12H19N3O2S. The molecule has 0 aliphatic carbocycles. The lowest BCUT2D eigenvalue weighted by Gasteiger charge is -2.31. The van der Waals surface area contributed by atoms with Crippen molar-refractivity contribution in [3.63, 3.8) is 0 Å². The molecule has 1 aliphatic rings. The molecule has 1 atom stereocenters. The zero-order valence-electron chi connectivity index (χ0n) is 10.8. The molecule has 2 heterocycles. The van der Waals surface area contributed by atoms with E-state index in [9.17, 15) is 9.35 Å². The summed E-state index contributed by atoms with van der Waals surface area (Å²) in [5.74, 6) is 0.580. The van der Waals surface area contributed by atoms with Gasteiger partial charge < -0.3 is 9.45 Å². The van der Waals surface area contributed by atoms with Crippen molar-refractivity contribution >= 4 is 17.5 Å². The summed E-state index contributed by atoms with van der Waals surface area (Å²) in [7, 11) is 0. The van der Waals surface area contributed by atoms with Crippen LogP contribution in [0.5, 0.6) is 0 Å². The quantitative estimate of drug-likeness (QED) is 0.811. The van der Waals surface area contributed by atoms with Crippen LogP contribution in [0.25, 0.3) is 0 Å². The lowest BCUT2D eigenvalue weighted by Crippen LogP contribution is -2.36. The van der Waals surface area contributed by atoms with Gasteiger partial charge in [-0.2, -0.15) is 3.97 Å². The molecule has 1 amide bonds. The average molecular weight is 269 g/mol. The normalized spacial score (nSPS) is 19.0. The smallest absolute Gasteiger partial charge is 0.219 e. The summed E-state index contributed by atoms with van der Waals surface area (Å²) in [6.07, 6.45) is 3.70. The second kappa shape index (κ2) is 5.34. The molecule has 18 heavy (non-hydrogen) atoms. The standard InChI is InChI=1S/C12H19N3O2S/c1-9-12(5-8-15(9)18(13)17)11-3-6-14(7-4-11)10(2)16/h5,8,11H,3-4,6-7,13H2,1-2H3. The highest BCUT2D eigenvalue weighted by molar-refractivity contribution is 7.87. The second-order valence-corrected chi connectivity index (χ2v) is 5.68. The van der Waals surface area contributed by atoms with E-state index in [0.717, 1.165) is 31.6 Å². The molecule has 2 N–H and O–H groups in total. The second-order valence-electron chi connectivity index (χ2n) is 4.74. The fourth-order valence-electron chi connectivity index (χ4n) is 2.64. The summed E-state index contributed by atoms with van der Waals surface area (Å²) in [5.41, 5.74) is 2.18. The molecule has 1 saturated heterocycles. The van der Waals surface area contributed by atoms with E-state index < -0.39 is 11.5 Å². The number of nitrogens with two attached hydrogens (primary N) is 1. The van der Waals surface area contributed by atoms with Gasteiger partial charge in [0.1, 0.15) is 0 Å². The van der Waals surface area contributed by atoms with Crippen molar-refractivity contribution in [1.82, 2.24) is 8.87 Å². The highest BCUT2D eigenvalue weighted by Crippen LogP contribution is 2.31. The predicted octanol–water partition coefficient (Wildman–Crippen LogP) is 0.908. The Morgan fingerprint density at radius 3 is 2.56 bits per heavy atom. The average Bonchev–Trinajstić information content (AvgIpc) is 2.71. The molecule has 2 rings (SSSR count). The molecule has 1 unspecified atom stereocenters. The van der Waals surface area contributed by atoms with Gasteiger partial charge in [0, 0.05) is 20.0 Å². The van der Waals surface area contributed by atoms with Crippen LogP contribution in [-0.4, -0.2) is 32.4 Å².